The molecule has 3 aliphatic rings. The van der Waals surface area contributed by atoms with E-state index in [-0.39, 0.29) is 0 Å². The van der Waals surface area contributed by atoms with Crippen LogP contribution in [0.5, 0.6) is 0 Å². The lowest BCUT2D eigenvalue weighted by molar-refractivity contribution is -0.115. The van der Waals surface area contributed by atoms with Crippen molar-refractivity contribution in [3.8, 4) is 0 Å². The molecule has 0 aliphatic heterocycles. The minimum absolute atomic E-state index is 0.748. The third kappa shape index (κ3) is 0.816. The lowest BCUT2D eigenvalue weighted by Crippen LogP contribution is -2.53. The van der Waals surface area contributed by atoms with E-state index in [9.17, 15) is 0 Å². The lowest BCUT2D eigenvalue weighted by Gasteiger charge is -2.61. The highest BCUT2D eigenvalue weighted by atomic mass is 14.6. The zero-order valence-corrected chi connectivity index (χ0v) is 8.06. The monoisotopic (exact) mass is 152 g/mol. The molecule has 0 radical (unpaired) electrons. The Morgan fingerprint density at radius 2 is 2.09 bits per heavy atom. The third-order valence-electron chi connectivity index (χ3n) is 4.74. The third-order valence-corrected chi connectivity index (χ3v) is 4.74. The summed E-state index contributed by atoms with van der Waals surface area (Å²) < 4.78 is 0. The molecule has 0 aromatic heterocycles. The van der Waals surface area contributed by atoms with Crippen molar-refractivity contribution < 1.29 is 0 Å². The normalized spacial score (nSPS) is 55.4. The van der Waals surface area contributed by atoms with Gasteiger partial charge in [-0.1, -0.05) is 33.6 Å². The van der Waals surface area contributed by atoms with E-state index in [0.717, 1.165) is 23.2 Å². The van der Waals surface area contributed by atoms with Gasteiger partial charge in [-0.3, -0.25) is 0 Å². The summed E-state index contributed by atoms with van der Waals surface area (Å²) in [5.41, 5.74) is 0.748. The first-order valence-electron chi connectivity index (χ1n) is 5.18. The molecule has 0 heterocycles. The van der Waals surface area contributed by atoms with E-state index in [2.05, 4.69) is 20.8 Å². The zero-order chi connectivity index (χ0) is 8.06. The molecule has 3 rings (SSSR count). The van der Waals surface area contributed by atoms with Crippen LogP contribution in [0.4, 0.5) is 0 Å². The fraction of sp³-hybridized carbons (Fsp3) is 1.00. The van der Waals surface area contributed by atoms with E-state index in [1.165, 1.54) is 19.3 Å². The zero-order valence-electron chi connectivity index (χ0n) is 8.06. The predicted octanol–water partition coefficient (Wildman–Crippen LogP) is 3.47. The van der Waals surface area contributed by atoms with Gasteiger partial charge in [-0.05, 0) is 36.0 Å². The van der Waals surface area contributed by atoms with Gasteiger partial charge in [0.25, 0.3) is 0 Å². The fourth-order valence-electron chi connectivity index (χ4n) is 3.53. The van der Waals surface area contributed by atoms with E-state index in [0.29, 0.717) is 0 Å². The number of rotatable bonds is 1. The minimum Gasteiger partial charge on any atom is -0.0648 e. The van der Waals surface area contributed by atoms with E-state index in [1.807, 2.05) is 0 Å². The molecule has 0 aromatic rings. The Bertz CT molecular complexity index is 159. The smallest absolute Gasteiger partial charge is 0.0269 e. The number of hydrogen-bond donors (Lipinski definition) is 0. The molecule has 3 fully saturated rings. The average Bonchev–Trinajstić information content (AvgIpc) is 2.02. The van der Waals surface area contributed by atoms with Gasteiger partial charge in [0.1, 0.15) is 0 Å². The summed E-state index contributed by atoms with van der Waals surface area (Å²) in [6.45, 7) is 7.34. The first-order valence-corrected chi connectivity index (χ1v) is 5.18. The van der Waals surface area contributed by atoms with Gasteiger partial charge >= 0.3 is 0 Å². The molecule has 0 aromatic carbocycles. The maximum Gasteiger partial charge on any atom is -0.0269 e. The topological polar surface area (TPSA) is 0 Å². The summed E-state index contributed by atoms with van der Waals surface area (Å²) in [5.74, 6) is 3.19. The fourth-order valence-corrected chi connectivity index (χ4v) is 3.53. The average molecular weight is 152 g/mol. The molecule has 1 unspecified atom stereocenters. The lowest BCUT2D eigenvalue weighted by atomic mass is 9.44. The van der Waals surface area contributed by atoms with Gasteiger partial charge in [-0.25, -0.2) is 0 Å². The molecule has 64 valence electrons. The van der Waals surface area contributed by atoms with Crippen molar-refractivity contribution in [1.29, 1.82) is 0 Å². The van der Waals surface area contributed by atoms with Gasteiger partial charge in [-0.2, -0.15) is 0 Å². The Balaban J connectivity index is 2.14. The number of hydrogen-bond acceptors (Lipinski definition) is 0. The second-order valence-electron chi connectivity index (χ2n) is 4.95. The van der Waals surface area contributed by atoms with Crippen LogP contribution < -0.4 is 0 Å². The minimum atomic E-state index is 0.748. The predicted molar refractivity (Wildman–Crippen MR) is 48.4 cm³/mol. The highest BCUT2D eigenvalue weighted by molar-refractivity contribution is 5.03. The second kappa shape index (κ2) is 2.24. The van der Waals surface area contributed by atoms with Crippen LogP contribution in [0.25, 0.3) is 0 Å². The highest BCUT2D eigenvalue weighted by Gasteiger charge is 2.54. The Morgan fingerprint density at radius 3 is 2.45 bits per heavy atom. The van der Waals surface area contributed by atoms with Crippen molar-refractivity contribution in [3.05, 3.63) is 0 Å². The van der Waals surface area contributed by atoms with Crippen molar-refractivity contribution in [3.63, 3.8) is 0 Å². The molecule has 0 spiro atoms. The SMILES string of the molecule is CCC1(C)[C@H]2CC[C@@H](C)[C@@H]1C2. The maximum absolute atomic E-state index is 2.52. The largest absolute Gasteiger partial charge is 0.0648 e. The van der Waals surface area contributed by atoms with Gasteiger partial charge in [0.05, 0.1) is 0 Å². The molecule has 0 nitrogen and oxygen atoms in total. The summed E-state index contributed by atoms with van der Waals surface area (Å²) >= 11 is 0. The first-order chi connectivity index (χ1) is 5.18. The van der Waals surface area contributed by atoms with Gasteiger partial charge in [0.2, 0.25) is 0 Å². The van der Waals surface area contributed by atoms with Crippen molar-refractivity contribution in [1.82, 2.24) is 0 Å². The van der Waals surface area contributed by atoms with Crippen LogP contribution in [0.2, 0.25) is 0 Å². The van der Waals surface area contributed by atoms with Crippen LogP contribution in [0.1, 0.15) is 46.5 Å². The summed E-state index contributed by atoms with van der Waals surface area (Å²) in [6, 6.07) is 0. The van der Waals surface area contributed by atoms with Gasteiger partial charge in [-0.15, -0.1) is 0 Å². The van der Waals surface area contributed by atoms with Gasteiger partial charge in [0.15, 0.2) is 0 Å². The molecule has 11 heavy (non-hydrogen) atoms. The maximum atomic E-state index is 2.52. The number of fused-ring (bicyclic) bond motifs is 2. The van der Waals surface area contributed by atoms with Crippen LogP contribution in [-0.2, 0) is 0 Å². The Hall–Kier alpha value is 0. The van der Waals surface area contributed by atoms with Crippen LogP contribution in [0, 0.1) is 23.2 Å². The standard InChI is InChI=1S/C11H20/c1-4-11(3)9-6-5-8(2)10(11)7-9/h8-10H,4-7H2,1-3H3/t8-,9+,10+,11?/m1/s1. The summed E-state index contributed by atoms with van der Waals surface area (Å²) in [6.07, 6.45) is 5.98. The van der Waals surface area contributed by atoms with Crippen LogP contribution in [0.15, 0.2) is 0 Å². The molecule has 0 heteroatoms. The van der Waals surface area contributed by atoms with E-state index in [1.54, 1.807) is 6.42 Å². The van der Waals surface area contributed by atoms with Gasteiger partial charge in [0, 0.05) is 0 Å². The molecule has 3 aliphatic carbocycles. The Morgan fingerprint density at radius 1 is 1.36 bits per heavy atom. The molecule has 0 amide bonds. The molecule has 3 saturated carbocycles. The molecular weight excluding hydrogens is 132 g/mol. The summed E-state index contributed by atoms with van der Waals surface area (Å²) in [5, 5.41) is 0. The molecule has 0 N–H and O–H groups in total. The Kier molecular flexibility index (Phi) is 1.56. The van der Waals surface area contributed by atoms with E-state index in [4.69, 9.17) is 0 Å². The van der Waals surface area contributed by atoms with Gasteiger partial charge < -0.3 is 0 Å². The molecule has 0 saturated heterocycles. The van der Waals surface area contributed by atoms with Crippen molar-refractivity contribution in [2.24, 2.45) is 23.2 Å². The molecule has 4 atom stereocenters. The van der Waals surface area contributed by atoms with E-state index < -0.39 is 0 Å². The summed E-state index contributed by atoms with van der Waals surface area (Å²) in [4.78, 5) is 0. The summed E-state index contributed by atoms with van der Waals surface area (Å²) in [7, 11) is 0. The van der Waals surface area contributed by atoms with Crippen molar-refractivity contribution >= 4 is 0 Å². The van der Waals surface area contributed by atoms with Crippen LogP contribution in [-0.4, -0.2) is 0 Å². The van der Waals surface area contributed by atoms with E-state index >= 15 is 0 Å². The van der Waals surface area contributed by atoms with Crippen molar-refractivity contribution in [2.75, 3.05) is 0 Å². The second-order valence-corrected chi connectivity index (χ2v) is 4.95. The Labute approximate surface area is 70.4 Å². The van der Waals surface area contributed by atoms with Crippen molar-refractivity contribution in [2.45, 2.75) is 46.5 Å². The molecule has 2 bridgehead atoms. The molecular formula is C11H20. The van der Waals surface area contributed by atoms with Crippen LogP contribution in [0.3, 0.4) is 0 Å². The quantitative estimate of drug-likeness (QED) is 0.539. The highest BCUT2D eigenvalue weighted by Crippen LogP contribution is 2.62. The first kappa shape index (κ1) is 7.64. The van der Waals surface area contributed by atoms with Crippen LogP contribution >= 0.6 is 0 Å².